The van der Waals surface area contributed by atoms with Crippen molar-refractivity contribution in [3.05, 3.63) is 35.5 Å². The van der Waals surface area contributed by atoms with Crippen molar-refractivity contribution in [2.24, 2.45) is 0 Å². The molecule has 5 heteroatoms. The molecule has 1 fully saturated rings. The van der Waals surface area contributed by atoms with E-state index in [9.17, 15) is 15.5 Å². The summed E-state index contributed by atoms with van der Waals surface area (Å²) in [5, 5.41) is 28.2. The van der Waals surface area contributed by atoms with Crippen LogP contribution in [0.15, 0.2) is 24.3 Å². The van der Waals surface area contributed by atoms with Crippen LogP contribution in [0.1, 0.15) is 30.0 Å². The topological polar surface area (TPSA) is 103 Å². The molecule has 0 radical (unpaired) electrons. The highest BCUT2D eigenvalue weighted by Gasteiger charge is 2.27. The number of pyridine rings is 1. The Morgan fingerprint density at radius 2 is 1.95 bits per heavy atom. The lowest BCUT2D eigenvalue weighted by Crippen LogP contribution is -2.01. The van der Waals surface area contributed by atoms with E-state index in [1.165, 1.54) is 12.1 Å². The Bertz CT molecular complexity index is 731. The highest BCUT2D eigenvalue weighted by atomic mass is 16.3. The highest BCUT2D eigenvalue weighted by Crippen LogP contribution is 2.42. The molecule has 1 aromatic carbocycles. The SMILES string of the molecule is N#Cc1c(-c2ccc(O)c(O)c2)cc(C2CC2)nc1N. The second kappa shape index (κ2) is 4.42. The summed E-state index contributed by atoms with van der Waals surface area (Å²) in [6.45, 7) is 0. The quantitative estimate of drug-likeness (QED) is 0.725. The van der Waals surface area contributed by atoms with Gasteiger partial charge in [-0.1, -0.05) is 6.07 Å². The lowest BCUT2D eigenvalue weighted by atomic mass is 9.99. The molecule has 0 bridgehead atoms. The molecule has 0 amide bonds. The van der Waals surface area contributed by atoms with Crippen LogP contribution in [0.4, 0.5) is 5.82 Å². The number of nitrogens with two attached hydrogens (primary N) is 1. The first kappa shape index (κ1) is 12.3. The molecule has 0 unspecified atom stereocenters. The molecular weight excluding hydrogens is 254 g/mol. The maximum Gasteiger partial charge on any atom is 0.158 e. The Labute approximate surface area is 115 Å². The summed E-state index contributed by atoms with van der Waals surface area (Å²) in [5.41, 5.74) is 8.30. The Balaban J connectivity index is 2.20. The average Bonchev–Trinajstić information content (AvgIpc) is 3.25. The van der Waals surface area contributed by atoms with E-state index < -0.39 is 0 Å². The molecule has 3 rings (SSSR count). The Morgan fingerprint density at radius 3 is 2.55 bits per heavy atom. The zero-order chi connectivity index (χ0) is 14.3. The molecule has 1 aliphatic carbocycles. The molecule has 0 saturated heterocycles. The van der Waals surface area contributed by atoms with Gasteiger partial charge < -0.3 is 15.9 Å². The predicted molar refractivity (Wildman–Crippen MR) is 74.1 cm³/mol. The third kappa shape index (κ3) is 2.01. The van der Waals surface area contributed by atoms with E-state index in [-0.39, 0.29) is 17.3 Å². The number of anilines is 1. The van der Waals surface area contributed by atoms with E-state index in [0.717, 1.165) is 18.5 Å². The van der Waals surface area contributed by atoms with E-state index in [1.54, 1.807) is 6.07 Å². The van der Waals surface area contributed by atoms with Crippen molar-refractivity contribution in [3.63, 3.8) is 0 Å². The molecule has 4 N–H and O–H groups in total. The first-order valence-corrected chi connectivity index (χ1v) is 6.33. The minimum atomic E-state index is -0.227. The summed E-state index contributed by atoms with van der Waals surface area (Å²) in [7, 11) is 0. The van der Waals surface area contributed by atoms with Crippen molar-refractivity contribution in [2.75, 3.05) is 5.73 Å². The number of nitriles is 1. The molecule has 1 saturated carbocycles. The van der Waals surface area contributed by atoms with Crippen LogP contribution in [-0.4, -0.2) is 15.2 Å². The van der Waals surface area contributed by atoms with Crippen molar-refractivity contribution in [1.82, 2.24) is 4.98 Å². The van der Waals surface area contributed by atoms with E-state index in [2.05, 4.69) is 11.1 Å². The maximum absolute atomic E-state index is 9.61. The van der Waals surface area contributed by atoms with Crippen molar-refractivity contribution >= 4 is 5.82 Å². The third-order valence-corrected chi connectivity index (χ3v) is 3.46. The number of nitrogen functional groups attached to an aromatic ring is 1. The van der Waals surface area contributed by atoms with E-state index in [4.69, 9.17) is 5.73 Å². The van der Waals surface area contributed by atoms with Crippen molar-refractivity contribution in [1.29, 1.82) is 5.26 Å². The lowest BCUT2D eigenvalue weighted by molar-refractivity contribution is 0.404. The van der Waals surface area contributed by atoms with E-state index in [1.807, 2.05) is 6.07 Å². The number of phenols is 2. The molecule has 1 aromatic heterocycles. The number of hydrogen-bond acceptors (Lipinski definition) is 5. The zero-order valence-corrected chi connectivity index (χ0v) is 10.7. The van der Waals surface area contributed by atoms with Crippen LogP contribution >= 0.6 is 0 Å². The molecule has 2 aromatic rings. The van der Waals surface area contributed by atoms with Crippen LogP contribution in [0.3, 0.4) is 0 Å². The van der Waals surface area contributed by atoms with Gasteiger partial charge in [0.15, 0.2) is 11.5 Å². The van der Waals surface area contributed by atoms with Gasteiger partial charge >= 0.3 is 0 Å². The Kier molecular flexibility index (Phi) is 2.72. The van der Waals surface area contributed by atoms with Gasteiger partial charge in [-0.3, -0.25) is 0 Å². The lowest BCUT2D eigenvalue weighted by Gasteiger charge is -2.10. The first-order chi connectivity index (χ1) is 9.60. The fourth-order valence-electron chi connectivity index (χ4n) is 2.21. The molecule has 5 nitrogen and oxygen atoms in total. The summed E-state index contributed by atoms with van der Waals surface area (Å²) in [6, 6.07) is 8.34. The van der Waals surface area contributed by atoms with Crippen LogP contribution in [0.5, 0.6) is 11.5 Å². The highest BCUT2D eigenvalue weighted by molar-refractivity contribution is 5.77. The number of aromatic nitrogens is 1. The van der Waals surface area contributed by atoms with Gasteiger partial charge in [0.1, 0.15) is 17.5 Å². The third-order valence-electron chi connectivity index (χ3n) is 3.46. The Morgan fingerprint density at radius 1 is 1.20 bits per heavy atom. The van der Waals surface area contributed by atoms with Gasteiger partial charge in [0.05, 0.1) is 0 Å². The summed E-state index contributed by atoms with van der Waals surface area (Å²) < 4.78 is 0. The fraction of sp³-hybridized carbons (Fsp3) is 0.200. The molecule has 100 valence electrons. The summed E-state index contributed by atoms with van der Waals surface area (Å²) >= 11 is 0. The van der Waals surface area contributed by atoms with Gasteiger partial charge in [0, 0.05) is 17.2 Å². The van der Waals surface area contributed by atoms with Gasteiger partial charge in [0.2, 0.25) is 0 Å². The van der Waals surface area contributed by atoms with Gasteiger partial charge in [0.25, 0.3) is 0 Å². The van der Waals surface area contributed by atoms with Gasteiger partial charge in [-0.25, -0.2) is 4.98 Å². The smallest absolute Gasteiger partial charge is 0.158 e. The summed E-state index contributed by atoms with van der Waals surface area (Å²) in [5.74, 6) is 0.195. The van der Waals surface area contributed by atoms with E-state index >= 15 is 0 Å². The molecule has 0 aliphatic heterocycles. The van der Waals surface area contributed by atoms with Gasteiger partial charge in [-0.2, -0.15) is 5.26 Å². The molecular formula is C15H13N3O2. The van der Waals surface area contributed by atoms with Crippen LogP contribution < -0.4 is 5.73 Å². The van der Waals surface area contributed by atoms with E-state index in [0.29, 0.717) is 22.6 Å². The van der Waals surface area contributed by atoms with Crippen LogP contribution in [0.2, 0.25) is 0 Å². The number of rotatable bonds is 2. The van der Waals surface area contributed by atoms with Crippen molar-refractivity contribution < 1.29 is 10.2 Å². The number of hydrogen-bond donors (Lipinski definition) is 3. The largest absolute Gasteiger partial charge is 0.504 e. The minimum Gasteiger partial charge on any atom is -0.504 e. The van der Waals surface area contributed by atoms with Crippen molar-refractivity contribution in [2.45, 2.75) is 18.8 Å². The summed E-state index contributed by atoms with van der Waals surface area (Å²) in [6.07, 6.45) is 2.16. The molecule has 1 aliphatic rings. The molecule has 20 heavy (non-hydrogen) atoms. The van der Waals surface area contributed by atoms with Crippen molar-refractivity contribution in [3.8, 4) is 28.7 Å². The molecule has 0 atom stereocenters. The molecule has 0 spiro atoms. The number of benzene rings is 1. The fourth-order valence-corrected chi connectivity index (χ4v) is 2.21. The van der Waals surface area contributed by atoms with Crippen LogP contribution in [-0.2, 0) is 0 Å². The standard InChI is InChI=1S/C15H13N3O2/c16-7-11-10(9-3-4-13(19)14(20)5-9)6-12(8-1-2-8)18-15(11)17/h3-6,8,19-20H,1-2H2,(H2,17,18). The second-order valence-corrected chi connectivity index (χ2v) is 4.94. The maximum atomic E-state index is 9.61. The number of nitrogens with zero attached hydrogens (tertiary/aromatic N) is 2. The second-order valence-electron chi connectivity index (χ2n) is 4.94. The van der Waals surface area contributed by atoms with Crippen LogP contribution in [0, 0.1) is 11.3 Å². The van der Waals surface area contributed by atoms with Crippen LogP contribution in [0.25, 0.3) is 11.1 Å². The predicted octanol–water partition coefficient (Wildman–Crippen LogP) is 2.49. The summed E-state index contributed by atoms with van der Waals surface area (Å²) in [4.78, 5) is 4.28. The number of aromatic hydroxyl groups is 2. The minimum absolute atomic E-state index is 0.197. The zero-order valence-electron chi connectivity index (χ0n) is 10.7. The normalized spacial score (nSPS) is 13.9. The average molecular weight is 267 g/mol. The van der Waals surface area contributed by atoms with Gasteiger partial charge in [-0.15, -0.1) is 0 Å². The molecule has 1 heterocycles. The Hall–Kier alpha value is -2.74. The number of phenolic OH excluding ortho intramolecular Hbond substituents is 2. The van der Waals surface area contributed by atoms with Gasteiger partial charge in [-0.05, 0) is 36.6 Å². The monoisotopic (exact) mass is 267 g/mol. The first-order valence-electron chi connectivity index (χ1n) is 6.33.